The highest BCUT2D eigenvalue weighted by molar-refractivity contribution is 5.87. The van der Waals surface area contributed by atoms with Crippen LogP contribution >= 0.6 is 0 Å². The number of hydrogen-bond acceptors (Lipinski definition) is 4. The average Bonchev–Trinajstić information content (AvgIpc) is 2.85. The van der Waals surface area contributed by atoms with Crippen LogP contribution in [0.5, 0.6) is 0 Å². The zero-order valence-corrected chi connectivity index (χ0v) is 24.6. The fourth-order valence-corrected chi connectivity index (χ4v) is 3.84. The second kappa shape index (κ2) is 29.6. The highest BCUT2D eigenvalue weighted by atomic mass is 16.6. The van der Waals surface area contributed by atoms with E-state index in [1.54, 1.807) is 13.8 Å². The van der Waals surface area contributed by atoms with Crippen LogP contribution in [-0.2, 0) is 19.1 Å². The van der Waals surface area contributed by atoms with Gasteiger partial charge in [-0.05, 0) is 13.8 Å². The lowest BCUT2D eigenvalue weighted by atomic mass is 10.0. The molecule has 0 aromatic heterocycles. The molecule has 0 rings (SSSR count). The van der Waals surface area contributed by atoms with E-state index in [9.17, 15) is 9.59 Å². The maximum Gasteiger partial charge on any atom is 0.333 e. The second-order valence-corrected chi connectivity index (χ2v) is 10.2. The maximum atomic E-state index is 10.8. The topological polar surface area (TPSA) is 52.6 Å². The van der Waals surface area contributed by atoms with Crippen LogP contribution in [0, 0.1) is 0 Å². The van der Waals surface area contributed by atoms with E-state index in [0.29, 0.717) is 11.1 Å². The first-order valence-corrected chi connectivity index (χ1v) is 15.0. The fraction of sp³-hybridized carbons (Fsp3) is 0.812. The number of rotatable bonds is 24. The van der Waals surface area contributed by atoms with Gasteiger partial charge in [0.2, 0.25) is 0 Å². The summed E-state index contributed by atoms with van der Waals surface area (Å²) in [5.41, 5.74) is 0.632. The average molecular weight is 509 g/mol. The molecule has 0 aliphatic carbocycles. The van der Waals surface area contributed by atoms with Gasteiger partial charge in [0, 0.05) is 11.1 Å². The molecule has 212 valence electrons. The molecule has 0 aliphatic heterocycles. The molecule has 0 spiro atoms. The van der Waals surface area contributed by atoms with E-state index in [-0.39, 0.29) is 13.2 Å². The van der Waals surface area contributed by atoms with E-state index in [4.69, 9.17) is 0 Å². The third-order valence-corrected chi connectivity index (χ3v) is 6.20. The fourth-order valence-electron chi connectivity index (χ4n) is 3.84. The summed E-state index contributed by atoms with van der Waals surface area (Å²) in [5, 5.41) is 0. The van der Waals surface area contributed by atoms with Crippen molar-refractivity contribution < 1.29 is 19.1 Å². The lowest BCUT2D eigenvalue weighted by molar-refractivity contribution is -0.147. The second-order valence-electron chi connectivity index (χ2n) is 10.2. The Balaban J connectivity index is 0. The van der Waals surface area contributed by atoms with Crippen LogP contribution in [0.2, 0.25) is 0 Å². The van der Waals surface area contributed by atoms with Crippen molar-refractivity contribution in [2.45, 2.75) is 156 Å². The Labute approximate surface area is 224 Å². The van der Waals surface area contributed by atoms with Crippen LogP contribution in [0.25, 0.3) is 0 Å². The zero-order chi connectivity index (χ0) is 27.3. The van der Waals surface area contributed by atoms with Crippen molar-refractivity contribution in [3.63, 3.8) is 0 Å². The Kier molecular flexibility index (Phi) is 30.1. The molecule has 0 N–H and O–H groups in total. The maximum absolute atomic E-state index is 10.8. The molecule has 0 unspecified atom stereocenters. The Morgan fingerprint density at radius 2 is 0.639 bits per heavy atom. The first kappa shape index (κ1) is 36.6. The molecule has 0 aromatic rings. The standard InChI is InChI=1S/C22H46.C10H14O4/c1-3-5-7-9-11-13-15-17-19-21-22-20-18-16-14-12-10-8-6-4-2;1-7(2)9(11)13-5-6-14-10(12)8(3)4/h3-22H2,1-2H3;1,3,5-6H2,2,4H3. The van der Waals surface area contributed by atoms with Gasteiger partial charge in [0.05, 0.1) is 0 Å². The highest BCUT2D eigenvalue weighted by Crippen LogP contribution is 2.14. The van der Waals surface area contributed by atoms with Gasteiger partial charge in [0.15, 0.2) is 0 Å². The van der Waals surface area contributed by atoms with Crippen molar-refractivity contribution in [1.29, 1.82) is 0 Å². The molecule has 0 atom stereocenters. The van der Waals surface area contributed by atoms with Crippen molar-refractivity contribution in [1.82, 2.24) is 0 Å². The molecule has 0 bridgehead atoms. The van der Waals surface area contributed by atoms with Gasteiger partial charge in [0.1, 0.15) is 13.2 Å². The van der Waals surface area contributed by atoms with Crippen molar-refractivity contribution in [2.24, 2.45) is 0 Å². The smallest absolute Gasteiger partial charge is 0.333 e. The normalized spacial score (nSPS) is 10.3. The van der Waals surface area contributed by atoms with Crippen LogP contribution in [-0.4, -0.2) is 25.2 Å². The predicted molar refractivity (Wildman–Crippen MR) is 155 cm³/mol. The molecule has 0 heterocycles. The van der Waals surface area contributed by atoms with E-state index in [1.165, 1.54) is 128 Å². The number of carbonyl (C=O) groups excluding carboxylic acids is 2. The van der Waals surface area contributed by atoms with Crippen molar-refractivity contribution >= 4 is 11.9 Å². The third-order valence-electron chi connectivity index (χ3n) is 6.20. The summed E-state index contributed by atoms with van der Waals surface area (Å²) in [6.07, 6.45) is 29.4. The minimum absolute atomic E-state index is 0.0325. The molecule has 0 saturated carbocycles. The van der Waals surface area contributed by atoms with E-state index >= 15 is 0 Å². The number of ether oxygens (including phenoxy) is 2. The van der Waals surface area contributed by atoms with Crippen LogP contribution in [0.15, 0.2) is 24.3 Å². The molecule has 0 saturated heterocycles. The molecule has 0 amide bonds. The Morgan fingerprint density at radius 1 is 0.444 bits per heavy atom. The SMILES string of the molecule is C=C(C)C(=O)OCCOC(=O)C(=C)C.CCCCCCCCCCCCCCCCCCCCCC. The van der Waals surface area contributed by atoms with E-state index < -0.39 is 11.9 Å². The summed E-state index contributed by atoms with van der Waals surface area (Å²) in [5.74, 6) is -0.979. The van der Waals surface area contributed by atoms with Crippen LogP contribution in [0.1, 0.15) is 156 Å². The van der Waals surface area contributed by atoms with Crippen LogP contribution in [0.4, 0.5) is 0 Å². The number of unbranched alkanes of at least 4 members (excludes halogenated alkanes) is 19. The molecule has 0 aromatic carbocycles. The Bertz CT molecular complexity index is 490. The van der Waals surface area contributed by atoms with Gasteiger partial charge in [-0.3, -0.25) is 0 Å². The predicted octanol–water partition coefficient (Wildman–Crippen LogP) is 10.1. The van der Waals surface area contributed by atoms with E-state index in [2.05, 4.69) is 36.5 Å². The summed E-state index contributed by atoms with van der Waals surface area (Å²) in [6, 6.07) is 0. The zero-order valence-electron chi connectivity index (χ0n) is 24.6. The number of carbonyl (C=O) groups is 2. The van der Waals surface area contributed by atoms with Gasteiger partial charge in [-0.1, -0.05) is 155 Å². The lowest BCUT2D eigenvalue weighted by Gasteiger charge is -2.05. The lowest BCUT2D eigenvalue weighted by Crippen LogP contribution is -2.14. The summed E-state index contributed by atoms with van der Waals surface area (Å²) >= 11 is 0. The summed E-state index contributed by atoms with van der Waals surface area (Å²) in [7, 11) is 0. The van der Waals surface area contributed by atoms with E-state index in [0.717, 1.165) is 0 Å². The van der Waals surface area contributed by atoms with Gasteiger partial charge in [-0.15, -0.1) is 0 Å². The Morgan fingerprint density at radius 3 is 0.806 bits per heavy atom. The molecule has 4 heteroatoms. The number of esters is 2. The molecule has 0 fully saturated rings. The minimum atomic E-state index is -0.489. The van der Waals surface area contributed by atoms with Gasteiger partial charge in [-0.2, -0.15) is 0 Å². The van der Waals surface area contributed by atoms with Crippen molar-refractivity contribution in [3.05, 3.63) is 24.3 Å². The first-order chi connectivity index (χ1) is 17.4. The monoisotopic (exact) mass is 508 g/mol. The van der Waals surface area contributed by atoms with Crippen LogP contribution in [0.3, 0.4) is 0 Å². The highest BCUT2D eigenvalue weighted by Gasteiger charge is 2.05. The van der Waals surface area contributed by atoms with Crippen molar-refractivity contribution in [3.8, 4) is 0 Å². The molecule has 0 aliphatic rings. The largest absolute Gasteiger partial charge is 0.459 e. The van der Waals surface area contributed by atoms with Gasteiger partial charge in [0.25, 0.3) is 0 Å². The number of hydrogen-bond donors (Lipinski definition) is 0. The van der Waals surface area contributed by atoms with Gasteiger partial charge < -0.3 is 9.47 Å². The van der Waals surface area contributed by atoms with Crippen molar-refractivity contribution in [2.75, 3.05) is 13.2 Å². The molecule has 0 radical (unpaired) electrons. The van der Waals surface area contributed by atoms with E-state index in [1.807, 2.05) is 0 Å². The summed E-state index contributed by atoms with van der Waals surface area (Å²) in [4.78, 5) is 21.7. The Hall–Kier alpha value is -1.58. The molecular weight excluding hydrogens is 448 g/mol. The molecule has 4 nitrogen and oxygen atoms in total. The van der Waals surface area contributed by atoms with Gasteiger partial charge >= 0.3 is 11.9 Å². The minimum Gasteiger partial charge on any atom is -0.459 e. The molecule has 36 heavy (non-hydrogen) atoms. The summed E-state index contributed by atoms with van der Waals surface area (Å²) < 4.78 is 9.38. The summed E-state index contributed by atoms with van der Waals surface area (Å²) in [6.45, 7) is 14.6. The first-order valence-electron chi connectivity index (χ1n) is 15.0. The quantitative estimate of drug-likeness (QED) is 0.0739. The molecular formula is C32H60O4. The third kappa shape index (κ3) is 30.5. The van der Waals surface area contributed by atoms with Crippen LogP contribution < -0.4 is 0 Å². The van der Waals surface area contributed by atoms with Gasteiger partial charge in [-0.25, -0.2) is 9.59 Å².